The maximum Gasteiger partial charge on any atom is -0.00259 e. The summed E-state index contributed by atoms with van der Waals surface area (Å²) >= 11 is 0. The molecule has 0 heteroatoms. The van der Waals surface area contributed by atoms with E-state index in [1.54, 1.807) is 0 Å². The molecule has 0 saturated heterocycles. The standard InChI is InChI=1S/C44H28/c1-2-12-33-26-34(25-20-29(33)10-1)43-28-35-27-42(38-15-5-7-17-40(38)44(35)41-18-8-6-16-39(41)43)32-23-21-31(22-24-32)37-19-9-13-30-11-3-4-14-36(30)37/h1-28H. The van der Waals surface area contributed by atoms with Crippen LogP contribution in [0.3, 0.4) is 0 Å². The van der Waals surface area contributed by atoms with Gasteiger partial charge in [0.25, 0.3) is 0 Å². The molecule has 0 amide bonds. The van der Waals surface area contributed by atoms with Gasteiger partial charge < -0.3 is 0 Å². The molecule has 0 aliphatic rings. The van der Waals surface area contributed by atoms with Crippen molar-refractivity contribution >= 4 is 53.9 Å². The molecule has 0 spiro atoms. The number of hydrogen-bond acceptors (Lipinski definition) is 0. The Hall–Kier alpha value is -5.72. The fraction of sp³-hybridized carbons (Fsp3) is 0. The molecule has 204 valence electrons. The molecule has 0 radical (unpaired) electrons. The maximum atomic E-state index is 2.40. The number of rotatable bonds is 3. The first-order chi connectivity index (χ1) is 21.8. The molecule has 44 heavy (non-hydrogen) atoms. The van der Waals surface area contributed by atoms with Crippen LogP contribution in [-0.2, 0) is 0 Å². The predicted molar refractivity (Wildman–Crippen MR) is 190 cm³/mol. The second kappa shape index (κ2) is 9.93. The van der Waals surface area contributed by atoms with Crippen molar-refractivity contribution in [2.45, 2.75) is 0 Å². The Labute approximate surface area is 256 Å². The minimum absolute atomic E-state index is 1.23. The fourth-order valence-electron chi connectivity index (χ4n) is 7.12. The highest BCUT2D eigenvalue weighted by Gasteiger charge is 2.15. The van der Waals surface area contributed by atoms with Gasteiger partial charge in [0.1, 0.15) is 0 Å². The Bertz CT molecular complexity index is 2530. The van der Waals surface area contributed by atoms with E-state index in [4.69, 9.17) is 0 Å². The molecule has 0 atom stereocenters. The molecule has 0 nitrogen and oxygen atoms in total. The molecule has 0 fully saturated rings. The third kappa shape index (κ3) is 3.92. The first-order valence-electron chi connectivity index (χ1n) is 15.3. The molecule has 9 rings (SSSR count). The van der Waals surface area contributed by atoms with E-state index in [0.29, 0.717) is 0 Å². The monoisotopic (exact) mass is 556 g/mol. The van der Waals surface area contributed by atoms with Crippen LogP contribution in [0.4, 0.5) is 0 Å². The summed E-state index contributed by atoms with van der Waals surface area (Å²) in [7, 11) is 0. The van der Waals surface area contributed by atoms with E-state index in [0.717, 1.165) is 0 Å². The SMILES string of the molecule is c1ccc2cc(-c3cc4cc(-c5ccc(-c6cccc7ccccc67)cc5)c5ccccc5c4c4ccccc34)ccc2c1. The van der Waals surface area contributed by atoms with Crippen LogP contribution in [0.25, 0.3) is 87.2 Å². The zero-order valence-corrected chi connectivity index (χ0v) is 24.2. The van der Waals surface area contributed by atoms with Crippen molar-refractivity contribution in [3.8, 4) is 33.4 Å². The van der Waals surface area contributed by atoms with Gasteiger partial charge in [-0.3, -0.25) is 0 Å². The lowest BCUT2D eigenvalue weighted by atomic mass is 9.87. The first kappa shape index (κ1) is 24.8. The van der Waals surface area contributed by atoms with Gasteiger partial charge in [0.15, 0.2) is 0 Å². The van der Waals surface area contributed by atoms with Gasteiger partial charge >= 0.3 is 0 Å². The molecule has 9 aromatic carbocycles. The summed E-state index contributed by atoms with van der Waals surface area (Å²) in [5, 5.41) is 12.8. The Morgan fingerprint density at radius 1 is 0.227 bits per heavy atom. The van der Waals surface area contributed by atoms with E-state index in [9.17, 15) is 0 Å². The highest BCUT2D eigenvalue weighted by Crippen LogP contribution is 2.42. The molecule has 9 aromatic rings. The molecule has 0 N–H and O–H groups in total. The van der Waals surface area contributed by atoms with Gasteiger partial charge in [-0.1, -0.05) is 152 Å². The van der Waals surface area contributed by atoms with Crippen molar-refractivity contribution in [2.75, 3.05) is 0 Å². The highest BCUT2D eigenvalue weighted by atomic mass is 14.2. The van der Waals surface area contributed by atoms with Gasteiger partial charge in [-0.25, -0.2) is 0 Å². The molecule has 0 aliphatic carbocycles. The minimum Gasteiger partial charge on any atom is -0.0616 e. The third-order valence-corrected chi connectivity index (χ3v) is 9.22. The van der Waals surface area contributed by atoms with Crippen LogP contribution in [0, 0.1) is 0 Å². The van der Waals surface area contributed by atoms with E-state index in [2.05, 4.69) is 170 Å². The van der Waals surface area contributed by atoms with Gasteiger partial charge in [-0.2, -0.15) is 0 Å². The second-order valence-corrected chi connectivity index (χ2v) is 11.7. The van der Waals surface area contributed by atoms with Crippen LogP contribution in [0.15, 0.2) is 170 Å². The van der Waals surface area contributed by atoms with Crippen molar-refractivity contribution < 1.29 is 0 Å². The van der Waals surface area contributed by atoms with Crippen molar-refractivity contribution in [3.05, 3.63) is 170 Å². The van der Waals surface area contributed by atoms with Crippen LogP contribution in [0.1, 0.15) is 0 Å². The van der Waals surface area contributed by atoms with Gasteiger partial charge in [0.2, 0.25) is 0 Å². The first-order valence-corrected chi connectivity index (χ1v) is 15.3. The van der Waals surface area contributed by atoms with Crippen molar-refractivity contribution in [1.29, 1.82) is 0 Å². The molecule has 0 aliphatic heterocycles. The predicted octanol–water partition coefficient (Wildman–Crippen LogP) is 12.5. The highest BCUT2D eigenvalue weighted by molar-refractivity contribution is 6.25. The van der Waals surface area contributed by atoms with Crippen LogP contribution in [-0.4, -0.2) is 0 Å². The summed E-state index contributed by atoms with van der Waals surface area (Å²) in [6.45, 7) is 0. The van der Waals surface area contributed by atoms with Crippen LogP contribution in [0.5, 0.6) is 0 Å². The quantitative estimate of drug-likeness (QED) is 0.190. The Morgan fingerprint density at radius 2 is 0.705 bits per heavy atom. The topological polar surface area (TPSA) is 0 Å². The Kier molecular flexibility index (Phi) is 5.61. The van der Waals surface area contributed by atoms with E-state index >= 15 is 0 Å². The molecule has 0 aromatic heterocycles. The zero-order chi connectivity index (χ0) is 29.0. The van der Waals surface area contributed by atoms with Crippen molar-refractivity contribution in [2.24, 2.45) is 0 Å². The van der Waals surface area contributed by atoms with Gasteiger partial charge in [0.05, 0.1) is 0 Å². The Balaban J connectivity index is 1.27. The molecule has 0 heterocycles. The van der Waals surface area contributed by atoms with E-state index in [1.807, 2.05) is 0 Å². The number of fused-ring (bicyclic) bond motifs is 7. The van der Waals surface area contributed by atoms with Gasteiger partial charge in [-0.05, 0) is 105 Å². The summed E-state index contributed by atoms with van der Waals surface area (Å²) in [5.74, 6) is 0. The lowest BCUT2D eigenvalue weighted by molar-refractivity contribution is 1.63. The smallest absolute Gasteiger partial charge is 0.00259 e. The number of hydrogen-bond donors (Lipinski definition) is 0. The third-order valence-electron chi connectivity index (χ3n) is 9.22. The molecule has 0 saturated carbocycles. The molecular formula is C44H28. The summed E-state index contributed by atoms with van der Waals surface area (Å²) in [6, 6.07) is 62.3. The lowest BCUT2D eigenvalue weighted by Gasteiger charge is -2.16. The van der Waals surface area contributed by atoms with Crippen LogP contribution in [0.2, 0.25) is 0 Å². The molecule has 0 unspecified atom stereocenters. The van der Waals surface area contributed by atoms with Crippen molar-refractivity contribution in [1.82, 2.24) is 0 Å². The summed E-state index contributed by atoms with van der Waals surface area (Å²) in [6.07, 6.45) is 0. The minimum atomic E-state index is 1.23. The molecule has 0 bridgehead atoms. The van der Waals surface area contributed by atoms with E-state index in [-0.39, 0.29) is 0 Å². The zero-order valence-electron chi connectivity index (χ0n) is 24.2. The second-order valence-electron chi connectivity index (χ2n) is 11.7. The van der Waals surface area contributed by atoms with E-state index < -0.39 is 0 Å². The molecular weight excluding hydrogens is 528 g/mol. The lowest BCUT2D eigenvalue weighted by Crippen LogP contribution is -1.89. The van der Waals surface area contributed by atoms with Crippen molar-refractivity contribution in [3.63, 3.8) is 0 Å². The average Bonchev–Trinajstić information content (AvgIpc) is 3.10. The summed E-state index contributed by atoms with van der Waals surface area (Å²) in [5.41, 5.74) is 7.51. The largest absolute Gasteiger partial charge is 0.0616 e. The van der Waals surface area contributed by atoms with Gasteiger partial charge in [0, 0.05) is 0 Å². The van der Waals surface area contributed by atoms with Crippen LogP contribution < -0.4 is 0 Å². The van der Waals surface area contributed by atoms with E-state index in [1.165, 1.54) is 87.2 Å². The summed E-state index contributed by atoms with van der Waals surface area (Å²) < 4.78 is 0. The maximum absolute atomic E-state index is 2.40. The normalized spacial score (nSPS) is 11.6. The average molecular weight is 557 g/mol. The fourth-order valence-corrected chi connectivity index (χ4v) is 7.12. The van der Waals surface area contributed by atoms with Crippen LogP contribution >= 0.6 is 0 Å². The Morgan fingerprint density at radius 3 is 1.39 bits per heavy atom. The number of benzene rings is 9. The summed E-state index contributed by atoms with van der Waals surface area (Å²) in [4.78, 5) is 0. The van der Waals surface area contributed by atoms with Gasteiger partial charge in [-0.15, -0.1) is 0 Å².